The Morgan fingerprint density at radius 2 is 1.70 bits per heavy atom. The van der Waals surface area contributed by atoms with Crippen molar-refractivity contribution in [3.63, 3.8) is 0 Å². The zero-order chi connectivity index (χ0) is 24.5. The SMILES string of the molecule is C=C1CC[C@H]2/C(C)=C/CC3C(C(C)C)[C@H](OC(C)=O)C[C@@]3(C)[C@H](OC(C)=O)/C=C(\C)CC[C@@H]12. The summed E-state index contributed by atoms with van der Waals surface area (Å²) < 4.78 is 11.9. The third kappa shape index (κ3) is 5.46. The van der Waals surface area contributed by atoms with Gasteiger partial charge in [0.05, 0.1) is 0 Å². The molecule has 7 atom stereocenters. The van der Waals surface area contributed by atoms with E-state index in [1.807, 2.05) is 0 Å². The van der Waals surface area contributed by atoms with E-state index >= 15 is 0 Å². The topological polar surface area (TPSA) is 52.6 Å². The van der Waals surface area contributed by atoms with E-state index in [9.17, 15) is 9.59 Å². The van der Waals surface area contributed by atoms with Gasteiger partial charge in [-0.05, 0) is 82.1 Å². The van der Waals surface area contributed by atoms with Crippen molar-refractivity contribution in [1.82, 2.24) is 0 Å². The Morgan fingerprint density at radius 3 is 2.30 bits per heavy atom. The van der Waals surface area contributed by atoms with E-state index in [1.165, 1.54) is 37.0 Å². The lowest BCUT2D eigenvalue weighted by Crippen LogP contribution is -2.40. The van der Waals surface area contributed by atoms with Crippen LogP contribution in [0, 0.1) is 35.0 Å². The smallest absolute Gasteiger partial charge is 0.303 e. The van der Waals surface area contributed by atoms with Crippen molar-refractivity contribution in [1.29, 1.82) is 0 Å². The van der Waals surface area contributed by atoms with E-state index < -0.39 is 0 Å². The van der Waals surface area contributed by atoms with Gasteiger partial charge < -0.3 is 9.47 Å². The third-order valence-electron chi connectivity index (χ3n) is 8.76. The average Bonchev–Trinajstić information content (AvgIpc) is 3.20. The maximum atomic E-state index is 12.2. The molecule has 0 heterocycles. The Morgan fingerprint density at radius 1 is 1.06 bits per heavy atom. The number of esters is 2. The van der Waals surface area contributed by atoms with Gasteiger partial charge in [-0.15, -0.1) is 0 Å². The zero-order valence-corrected chi connectivity index (χ0v) is 21.8. The number of hydrogen-bond acceptors (Lipinski definition) is 4. The summed E-state index contributed by atoms with van der Waals surface area (Å²) in [5.41, 5.74) is 3.80. The van der Waals surface area contributed by atoms with Crippen molar-refractivity contribution in [2.45, 2.75) is 99.2 Å². The van der Waals surface area contributed by atoms with Gasteiger partial charge in [-0.3, -0.25) is 9.59 Å². The summed E-state index contributed by atoms with van der Waals surface area (Å²) in [4.78, 5) is 24.2. The quantitative estimate of drug-likeness (QED) is 0.346. The van der Waals surface area contributed by atoms with Gasteiger partial charge in [0.2, 0.25) is 0 Å². The summed E-state index contributed by atoms with van der Waals surface area (Å²) in [6, 6.07) is 0. The van der Waals surface area contributed by atoms with Gasteiger partial charge in [-0.1, -0.05) is 50.1 Å². The molecule has 3 aliphatic rings. The standard InChI is InChI=1S/C29H44O4/c1-17(2)28-25-14-11-20(5)24-13-10-19(4)23(24)12-9-18(3)15-27(33-22(7)31)29(25,8)16-26(28)32-21(6)30/h11,15,17,23-28H,4,9-10,12-14,16H2,1-3,5-8H3/b18-15+,20-11+/t23-,24-,25?,26+,27+,28?,29+/m0/s1. The fraction of sp³-hybridized carbons (Fsp3) is 0.724. The van der Waals surface area contributed by atoms with Crippen LogP contribution in [-0.4, -0.2) is 24.1 Å². The van der Waals surface area contributed by atoms with Crippen molar-refractivity contribution >= 4 is 11.9 Å². The number of carbonyl (C=O) groups is 2. The normalized spacial score (nSPS) is 40.4. The molecule has 0 aromatic rings. The summed E-state index contributed by atoms with van der Waals surface area (Å²) >= 11 is 0. The Bertz CT molecular complexity index is 835. The van der Waals surface area contributed by atoms with E-state index in [0.717, 1.165) is 25.7 Å². The van der Waals surface area contributed by atoms with Crippen molar-refractivity contribution in [3.8, 4) is 0 Å². The van der Waals surface area contributed by atoms with Gasteiger partial charge in [0.25, 0.3) is 0 Å². The number of allylic oxidation sites excluding steroid dienone is 4. The van der Waals surface area contributed by atoms with Crippen LogP contribution >= 0.6 is 0 Å². The first-order valence-corrected chi connectivity index (χ1v) is 12.8. The van der Waals surface area contributed by atoms with Gasteiger partial charge in [-0.2, -0.15) is 0 Å². The van der Waals surface area contributed by atoms with Crippen molar-refractivity contribution in [2.24, 2.45) is 35.0 Å². The minimum atomic E-state index is -0.336. The fourth-order valence-corrected chi connectivity index (χ4v) is 7.09. The Labute approximate surface area is 200 Å². The number of hydrogen-bond donors (Lipinski definition) is 0. The maximum Gasteiger partial charge on any atom is 0.303 e. The summed E-state index contributed by atoms with van der Waals surface area (Å²) in [7, 11) is 0. The van der Waals surface area contributed by atoms with Crippen LogP contribution < -0.4 is 0 Å². The summed E-state index contributed by atoms with van der Waals surface area (Å²) in [6.45, 7) is 18.5. The van der Waals surface area contributed by atoms with Crippen molar-refractivity contribution in [2.75, 3.05) is 0 Å². The minimum absolute atomic E-state index is 0.165. The molecule has 0 bridgehead atoms. The molecule has 2 saturated carbocycles. The molecule has 0 amide bonds. The van der Waals surface area contributed by atoms with Gasteiger partial charge in [0.15, 0.2) is 0 Å². The Balaban J connectivity index is 2.10. The second kappa shape index (κ2) is 10.2. The van der Waals surface area contributed by atoms with E-state index in [1.54, 1.807) is 0 Å². The molecule has 0 aliphatic heterocycles. The summed E-state index contributed by atoms with van der Waals surface area (Å²) in [5, 5.41) is 0. The first-order valence-electron chi connectivity index (χ1n) is 12.8. The number of rotatable bonds is 3. The number of ether oxygens (including phenoxy) is 2. The van der Waals surface area contributed by atoms with Crippen LogP contribution in [0.1, 0.15) is 87.0 Å². The predicted octanol–water partition coefficient (Wildman–Crippen LogP) is 6.81. The Hall–Kier alpha value is -1.84. The molecule has 3 aliphatic carbocycles. The largest absolute Gasteiger partial charge is 0.462 e. The van der Waals surface area contributed by atoms with Gasteiger partial charge in [-0.25, -0.2) is 0 Å². The fourth-order valence-electron chi connectivity index (χ4n) is 7.09. The average molecular weight is 457 g/mol. The van der Waals surface area contributed by atoms with Crippen LogP contribution in [0.4, 0.5) is 0 Å². The monoisotopic (exact) mass is 456 g/mol. The first kappa shape index (κ1) is 25.8. The van der Waals surface area contributed by atoms with Gasteiger partial charge in [0.1, 0.15) is 12.2 Å². The summed E-state index contributed by atoms with van der Waals surface area (Å²) in [5.74, 6) is 1.42. The van der Waals surface area contributed by atoms with Crippen LogP contribution in [0.25, 0.3) is 0 Å². The van der Waals surface area contributed by atoms with Crippen LogP contribution in [0.2, 0.25) is 0 Å². The molecule has 0 aromatic heterocycles. The number of carbonyl (C=O) groups excluding carboxylic acids is 2. The van der Waals surface area contributed by atoms with E-state index in [4.69, 9.17) is 9.47 Å². The predicted molar refractivity (Wildman–Crippen MR) is 132 cm³/mol. The summed E-state index contributed by atoms with van der Waals surface area (Å²) in [6.07, 6.45) is 10.1. The third-order valence-corrected chi connectivity index (χ3v) is 8.76. The second-order valence-electron chi connectivity index (χ2n) is 11.5. The molecule has 0 saturated heterocycles. The van der Waals surface area contributed by atoms with Crippen molar-refractivity contribution in [3.05, 3.63) is 35.5 Å². The van der Waals surface area contributed by atoms with Crippen LogP contribution in [-0.2, 0) is 19.1 Å². The molecule has 184 valence electrons. The molecule has 0 N–H and O–H groups in total. The molecule has 0 spiro atoms. The van der Waals surface area contributed by atoms with E-state index in [-0.39, 0.29) is 41.4 Å². The first-order chi connectivity index (χ1) is 15.4. The van der Waals surface area contributed by atoms with Crippen LogP contribution in [0.15, 0.2) is 35.5 Å². The molecule has 0 aromatic carbocycles. The molecule has 0 radical (unpaired) electrons. The molecule has 4 heteroatoms. The molecule has 33 heavy (non-hydrogen) atoms. The molecular weight excluding hydrogens is 412 g/mol. The lowest BCUT2D eigenvalue weighted by molar-refractivity contribution is -0.153. The highest BCUT2D eigenvalue weighted by Gasteiger charge is 2.56. The highest BCUT2D eigenvalue weighted by molar-refractivity contribution is 5.67. The second-order valence-corrected chi connectivity index (χ2v) is 11.5. The van der Waals surface area contributed by atoms with Crippen LogP contribution in [0.3, 0.4) is 0 Å². The molecular formula is C29H44O4. The highest BCUT2D eigenvalue weighted by Crippen LogP contribution is 2.56. The number of fused-ring (bicyclic) bond motifs is 2. The maximum absolute atomic E-state index is 12.2. The zero-order valence-electron chi connectivity index (χ0n) is 21.8. The lowest BCUT2D eigenvalue weighted by atomic mass is 9.68. The molecule has 4 nitrogen and oxygen atoms in total. The van der Waals surface area contributed by atoms with Gasteiger partial charge >= 0.3 is 11.9 Å². The molecule has 2 unspecified atom stereocenters. The minimum Gasteiger partial charge on any atom is -0.462 e. The Kier molecular flexibility index (Phi) is 7.96. The lowest BCUT2D eigenvalue weighted by Gasteiger charge is -2.40. The van der Waals surface area contributed by atoms with Crippen LogP contribution in [0.5, 0.6) is 0 Å². The van der Waals surface area contributed by atoms with Gasteiger partial charge in [0, 0.05) is 25.2 Å². The highest BCUT2D eigenvalue weighted by atomic mass is 16.6. The van der Waals surface area contributed by atoms with Crippen molar-refractivity contribution < 1.29 is 19.1 Å². The molecule has 2 fully saturated rings. The van der Waals surface area contributed by atoms with E-state index in [0.29, 0.717) is 24.2 Å². The molecule has 3 rings (SSSR count). The van der Waals surface area contributed by atoms with E-state index in [2.05, 4.69) is 53.3 Å².